The SMILES string of the molecule is CC[C@H](CC(C1O[C@H]1C)N(C)C)OC(=O)C(O)(c1cccs1)c1cccs1. The summed E-state index contributed by atoms with van der Waals surface area (Å²) in [5, 5.41) is 15.1. The number of epoxide rings is 1. The second-order valence-electron chi connectivity index (χ2n) is 7.17. The molecule has 0 radical (unpaired) electrons. The highest BCUT2D eigenvalue weighted by atomic mass is 32.1. The lowest BCUT2D eigenvalue weighted by atomic mass is 9.98. The number of hydrogen-bond acceptors (Lipinski definition) is 7. The second-order valence-corrected chi connectivity index (χ2v) is 9.07. The first kappa shape index (κ1) is 20.5. The lowest BCUT2D eigenvalue weighted by molar-refractivity contribution is -0.168. The molecule has 4 atom stereocenters. The Balaban J connectivity index is 1.78. The molecule has 1 aliphatic rings. The molecule has 3 rings (SSSR count). The zero-order chi connectivity index (χ0) is 19.6. The summed E-state index contributed by atoms with van der Waals surface area (Å²) >= 11 is 2.71. The number of likely N-dealkylation sites (N-methyl/N-ethyl adjacent to an activating group) is 1. The van der Waals surface area contributed by atoms with Gasteiger partial charge in [-0.2, -0.15) is 0 Å². The first-order valence-electron chi connectivity index (χ1n) is 9.21. The number of carbonyl (C=O) groups is 1. The van der Waals surface area contributed by atoms with Crippen LogP contribution in [0, 0.1) is 0 Å². The van der Waals surface area contributed by atoms with Crippen LogP contribution in [0.4, 0.5) is 0 Å². The van der Waals surface area contributed by atoms with E-state index in [9.17, 15) is 9.90 Å². The van der Waals surface area contributed by atoms with Crippen LogP contribution in [-0.4, -0.2) is 54.4 Å². The zero-order valence-corrected chi connectivity index (χ0v) is 17.8. The highest BCUT2D eigenvalue weighted by Crippen LogP contribution is 2.38. The minimum atomic E-state index is -1.76. The summed E-state index contributed by atoms with van der Waals surface area (Å²) in [6, 6.07) is 7.38. The van der Waals surface area contributed by atoms with Crippen molar-refractivity contribution in [2.75, 3.05) is 14.1 Å². The van der Waals surface area contributed by atoms with E-state index in [4.69, 9.17) is 9.47 Å². The molecule has 0 aliphatic carbocycles. The van der Waals surface area contributed by atoms with E-state index in [-0.39, 0.29) is 24.4 Å². The molecule has 0 spiro atoms. The highest BCUT2D eigenvalue weighted by molar-refractivity contribution is 7.12. The van der Waals surface area contributed by atoms with Crippen LogP contribution in [0.2, 0.25) is 0 Å². The molecule has 0 amide bonds. The molecule has 0 aromatic carbocycles. The van der Waals surface area contributed by atoms with Crippen molar-refractivity contribution in [2.24, 2.45) is 0 Å². The third-order valence-corrected chi connectivity index (χ3v) is 7.04. The molecule has 1 fully saturated rings. The Morgan fingerprint density at radius 3 is 2.22 bits per heavy atom. The maximum absolute atomic E-state index is 13.1. The van der Waals surface area contributed by atoms with Crippen LogP contribution in [0.3, 0.4) is 0 Å². The Kier molecular flexibility index (Phi) is 6.38. The van der Waals surface area contributed by atoms with Gasteiger partial charge in [0, 0.05) is 12.5 Å². The summed E-state index contributed by atoms with van der Waals surface area (Å²) in [7, 11) is 4.03. The van der Waals surface area contributed by atoms with Gasteiger partial charge in [0.1, 0.15) is 6.10 Å². The van der Waals surface area contributed by atoms with Crippen LogP contribution in [0.1, 0.15) is 36.4 Å². The van der Waals surface area contributed by atoms with Crippen molar-refractivity contribution in [3.05, 3.63) is 44.8 Å². The number of ether oxygens (including phenoxy) is 2. The monoisotopic (exact) mass is 409 g/mol. The normalized spacial score (nSPS) is 21.9. The van der Waals surface area contributed by atoms with Crippen LogP contribution in [0.5, 0.6) is 0 Å². The number of esters is 1. The number of aliphatic hydroxyl groups is 1. The molecule has 1 N–H and O–H groups in total. The van der Waals surface area contributed by atoms with Crippen molar-refractivity contribution >= 4 is 28.6 Å². The molecule has 3 heterocycles. The van der Waals surface area contributed by atoms with Gasteiger partial charge >= 0.3 is 5.97 Å². The average molecular weight is 410 g/mol. The van der Waals surface area contributed by atoms with Gasteiger partial charge in [0.05, 0.1) is 22.0 Å². The van der Waals surface area contributed by atoms with Gasteiger partial charge in [0.2, 0.25) is 5.60 Å². The van der Waals surface area contributed by atoms with E-state index in [1.807, 2.05) is 43.9 Å². The van der Waals surface area contributed by atoms with Gasteiger partial charge < -0.3 is 19.5 Å². The van der Waals surface area contributed by atoms with Gasteiger partial charge in [-0.3, -0.25) is 0 Å². The number of hydrogen-bond donors (Lipinski definition) is 1. The van der Waals surface area contributed by atoms with E-state index in [0.717, 1.165) is 0 Å². The third kappa shape index (κ3) is 4.27. The fourth-order valence-corrected chi connectivity index (χ4v) is 5.05. The summed E-state index contributed by atoms with van der Waals surface area (Å²) in [4.78, 5) is 16.4. The van der Waals surface area contributed by atoms with Crippen molar-refractivity contribution in [1.82, 2.24) is 4.90 Å². The molecule has 2 aromatic rings. The zero-order valence-electron chi connectivity index (χ0n) is 16.1. The number of rotatable bonds is 9. The highest BCUT2D eigenvalue weighted by Gasteiger charge is 2.46. The van der Waals surface area contributed by atoms with E-state index >= 15 is 0 Å². The van der Waals surface area contributed by atoms with E-state index in [1.165, 1.54) is 22.7 Å². The predicted molar refractivity (Wildman–Crippen MR) is 108 cm³/mol. The molecule has 148 valence electrons. The van der Waals surface area contributed by atoms with Crippen LogP contribution >= 0.6 is 22.7 Å². The van der Waals surface area contributed by atoms with E-state index in [0.29, 0.717) is 22.6 Å². The van der Waals surface area contributed by atoms with Crippen LogP contribution in [0.15, 0.2) is 35.0 Å². The molecule has 1 aliphatic heterocycles. The van der Waals surface area contributed by atoms with Gasteiger partial charge in [0.15, 0.2) is 0 Å². The van der Waals surface area contributed by atoms with Crippen LogP contribution in [-0.2, 0) is 19.9 Å². The summed E-state index contributed by atoms with van der Waals surface area (Å²) < 4.78 is 11.5. The first-order valence-corrected chi connectivity index (χ1v) is 11.0. The summed E-state index contributed by atoms with van der Waals surface area (Å²) in [6.45, 7) is 4.05. The van der Waals surface area contributed by atoms with Gasteiger partial charge in [-0.05, 0) is 50.3 Å². The molecule has 0 saturated carbocycles. The van der Waals surface area contributed by atoms with Crippen LogP contribution < -0.4 is 0 Å². The molecule has 1 saturated heterocycles. The largest absolute Gasteiger partial charge is 0.460 e. The summed E-state index contributed by atoms with van der Waals surface area (Å²) in [6.07, 6.45) is 1.48. The summed E-state index contributed by atoms with van der Waals surface area (Å²) in [5.41, 5.74) is -1.76. The predicted octanol–water partition coefficient (Wildman–Crippen LogP) is 3.47. The lowest BCUT2D eigenvalue weighted by Gasteiger charge is -2.30. The van der Waals surface area contributed by atoms with Crippen molar-refractivity contribution in [3.63, 3.8) is 0 Å². The van der Waals surface area contributed by atoms with Crippen molar-refractivity contribution < 1.29 is 19.4 Å². The molecule has 2 unspecified atom stereocenters. The standard InChI is InChI=1S/C20H27NO4S2/c1-5-14(12-15(21(3)4)18-13(2)24-18)25-19(22)20(23,16-8-6-10-26-16)17-9-7-11-27-17/h6-11,13-15,18,23H,5,12H2,1-4H3/t13-,14+,15?,18?/m0/s1. The van der Waals surface area contributed by atoms with Gasteiger partial charge in [-0.25, -0.2) is 4.79 Å². The number of carbonyl (C=O) groups excluding carboxylic acids is 1. The second kappa shape index (κ2) is 8.41. The Morgan fingerprint density at radius 2 is 1.85 bits per heavy atom. The Labute approximate surface area is 168 Å². The molecule has 2 aromatic heterocycles. The fraction of sp³-hybridized carbons (Fsp3) is 0.550. The van der Waals surface area contributed by atoms with E-state index in [2.05, 4.69) is 11.8 Å². The van der Waals surface area contributed by atoms with Gasteiger partial charge in [-0.15, -0.1) is 22.7 Å². The van der Waals surface area contributed by atoms with E-state index < -0.39 is 11.6 Å². The lowest BCUT2D eigenvalue weighted by Crippen LogP contribution is -2.42. The maximum atomic E-state index is 13.1. The maximum Gasteiger partial charge on any atom is 0.349 e. The minimum Gasteiger partial charge on any atom is -0.460 e. The van der Waals surface area contributed by atoms with Crippen LogP contribution in [0.25, 0.3) is 0 Å². The molecule has 0 bridgehead atoms. The molecule has 7 heteroatoms. The van der Waals surface area contributed by atoms with Crippen molar-refractivity contribution in [1.29, 1.82) is 0 Å². The molecular formula is C20H27NO4S2. The van der Waals surface area contributed by atoms with E-state index in [1.54, 1.807) is 12.1 Å². The number of thiophene rings is 2. The Morgan fingerprint density at radius 1 is 1.30 bits per heavy atom. The van der Waals surface area contributed by atoms with Crippen molar-refractivity contribution in [3.8, 4) is 0 Å². The smallest absolute Gasteiger partial charge is 0.349 e. The fourth-order valence-electron chi connectivity index (χ4n) is 3.34. The van der Waals surface area contributed by atoms with Crippen molar-refractivity contribution in [2.45, 2.75) is 56.6 Å². The number of nitrogens with zero attached hydrogens (tertiary/aromatic N) is 1. The van der Waals surface area contributed by atoms with Gasteiger partial charge in [0.25, 0.3) is 0 Å². The summed E-state index contributed by atoms with van der Waals surface area (Å²) in [5.74, 6) is -0.610. The Hall–Kier alpha value is -1.25. The first-order chi connectivity index (χ1) is 12.9. The Bertz CT molecular complexity index is 695. The third-order valence-electron chi connectivity index (χ3n) is 5.08. The molecular weight excluding hydrogens is 382 g/mol. The average Bonchev–Trinajstić information content (AvgIpc) is 3.11. The van der Waals surface area contributed by atoms with Gasteiger partial charge in [-0.1, -0.05) is 19.1 Å². The molecule has 5 nitrogen and oxygen atoms in total. The topological polar surface area (TPSA) is 62.3 Å². The molecule has 27 heavy (non-hydrogen) atoms. The minimum absolute atomic E-state index is 0.168. The quantitative estimate of drug-likeness (QED) is 0.508.